The number of nitrogens with two attached hydrogens (primary N) is 1. The first kappa shape index (κ1) is 13.1. The number of hydrogen-bond donors (Lipinski definition) is 1. The van der Waals surface area contributed by atoms with E-state index in [2.05, 4.69) is 37.4 Å². The molecule has 0 aliphatic carbocycles. The number of fused-ring (bicyclic) bond motifs is 1. The van der Waals surface area contributed by atoms with Crippen LogP contribution in [-0.2, 0) is 6.54 Å². The van der Waals surface area contributed by atoms with Crippen molar-refractivity contribution in [2.24, 2.45) is 0 Å². The van der Waals surface area contributed by atoms with Crippen molar-refractivity contribution in [2.45, 2.75) is 26.3 Å². The van der Waals surface area contributed by atoms with Crippen LogP contribution in [0.1, 0.15) is 19.8 Å². The average molecular weight is 272 g/mol. The Balaban J connectivity index is 1.59. The van der Waals surface area contributed by atoms with Crippen LogP contribution in [0.15, 0.2) is 24.3 Å². The van der Waals surface area contributed by atoms with Crippen molar-refractivity contribution in [3.63, 3.8) is 0 Å². The van der Waals surface area contributed by atoms with Crippen LogP contribution in [-0.4, -0.2) is 44.1 Å². The van der Waals surface area contributed by atoms with Gasteiger partial charge in [0, 0.05) is 26.2 Å². The summed E-state index contributed by atoms with van der Waals surface area (Å²) in [6, 6.07) is 0. The Bertz CT molecular complexity index is 630. The fourth-order valence-electron chi connectivity index (χ4n) is 2.54. The maximum atomic E-state index is 5.79. The third-order valence-corrected chi connectivity index (χ3v) is 3.82. The molecule has 0 bridgehead atoms. The largest absolute Gasteiger partial charge is 0.382 e. The van der Waals surface area contributed by atoms with E-state index in [9.17, 15) is 0 Å². The number of aryl methyl sites for hydroxylation is 1. The molecule has 0 aromatic carbocycles. The summed E-state index contributed by atoms with van der Waals surface area (Å²) in [5.74, 6) is 0.449. The Morgan fingerprint density at radius 1 is 1.25 bits per heavy atom. The number of hydrogen-bond acceptors (Lipinski definition) is 5. The minimum atomic E-state index is 0.449. The van der Waals surface area contributed by atoms with Gasteiger partial charge in [-0.2, -0.15) is 0 Å². The Morgan fingerprint density at radius 3 is 2.95 bits per heavy atom. The molecule has 0 saturated heterocycles. The molecule has 6 nitrogen and oxygen atoms in total. The fourth-order valence-corrected chi connectivity index (χ4v) is 2.54. The van der Waals surface area contributed by atoms with Crippen molar-refractivity contribution in [1.82, 2.24) is 24.4 Å². The van der Waals surface area contributed by atoms with Gasteiger partial charge in [0.1, 0.15) is 11.8 Å². The van der Waals surface area contributed by atoms with E-state index < -0.39 is 0 Å². The minimum Gasteiger partial charge on any atom is -0.382 e. The van der Waals surface area contributed by atoms with Gasteiger partial charge in [-0.05, 0) is 19.8 Å². The number of rotatable bonds is 4. The molecule has 6 heteroatoms. The minimum absolute atomic E-state index is 0.449. The zero-order chi connectivity index (χ0) is 13.9. The Kier molecular flexibility index (Phi) is 3.64. The van der Waals surface area contributed by atoms with Gasteiger partial charge in [-0.1, -0.05) is 11.6 Å². The van der Waals surface area contributed by atoms with Gasteiger partial charge in [0.25, 0.3) is 0 Å². The molecule has 2 aromatic rings. The van der Waals surface area contributed by atoms with E-state index in [1.54, 1.807) is 6.33 Å². The van der Waals surface area contributed by atoms with Gasteiger partial charge in [0.2, 0.25) is 0 Å². The predicted molar refractivity (Wildman–Crippen MR) is 79.2 cm³/mol. The van der Waals surface area contributed by atoms with Crippen molar-refractivity contribution in [3.05, 3.63) is 24.3 Å². The number of nitrogen functional groups attached to an aromatic ring is 1. The van der Waals surface area contributed by atoms with Crippen molar-refractivity contribution in [2.75, 3.05) is 25.4 Å². The number of nitrogens with zero attached hydrogens (tertiary/aromatic N) is 5. The molecule has 0 atom stereocenters. The average Bonchev–Trinajstić information content (AvgIpc) is 2.86. The normalized spacial score (nSPS) is 16.6. The van der Waals surface area contributed by atoms with Gasteiger partial charge >= 0.3 is 0 Å². The van der Waals surface area contributed by atoms with E-state index in [1.165, 1.54) is 24.9 Å². The number of anilines is 1. The molecule has 0 saturated carbocycles. The molecule has 0 radical (unpaired) electrons. The summed E-state index contributed by atoms with van der Waals surface area (Å²) in [4.78, 5) is 15.0. The first-order chi connectivity index (χ1) is 9.74. The highest BCUT2D eigenvalue weighted by atomic mass is 15.1. The maximum Gasteiger partial charge on any atom is 0.165 e. The molecular formula is C14H20N6. The third kappa shape index (κ3) is 2.65. The topological polar surface area (TPSA) is 72.9 Å². The van der Waals surface area contributed by atoms with E-state index in [4.69, 9.17) is 5.73 Å². The second kappa shape index (κ2) is 5.58. The van der Waals surface area contributed by atoms with Gasteiger partial charge in [-0.3, -0.25) is 4.90 Å². The molecule has 1 aliphatic rings. The van der Waals surface area contributed by atoms with E-state index >= 15 is 0 Å². The van der Waals surface area contributed by atoms with Gasteiger partial charge in [-0.25, -0.2) is 15.0 Å². The first-order valence-corrected chi connectivity index (χ1v) is 7.03. The van der Waals surface area contributed by atoms with Crippen molar-refractivity contribution in [3.8, 4) is 0 Å². The first-order valence-electron chi connectivity index (χ1n) is 7.03. The van der Waals surface area contributed by atoms with Crippen LogP contribution in [0.25, 0.3) is 11.2 Å². The summed E-state index contributed by atoms with van der Waals surface area (Å²) in [7, 11) is 0. The number of aromatic nitrogens is 4. The lowest BCUT2D eigenvalue weighted by Crippen LogP contribution is -2.29. The molecule has 3 rings (SSSR count). The molecule has 2 N–H and O–H groups in total. The zero-order valence-corrected chi connectivity index (χ0v) is 11.8. The van der Waals surface area contributed by atoms with Gasteiger partial charge < -0.3 is 10.3 Å². The van der Waals surface area contributed by atoms with Crippen LogP contribution in [0.3, 0.4) is 0 Å². The van der Waals surface area contributed by atoms with Gasteiger partial charge in [0.05, 0.1) is 6.33 Å². The molecule has 106 valence electrons. The summed E-state index contributed by atoms with van der Waals surface area (Å²) in [6.07, 6.45) is 7.90. The Labute approximate surface area is 118 Å². The lowest BCUT2D eigenvalue weighted by atomic mass is 10.1. The summed E-state index contributed by atoms with van der Waals surface area (Å²) in [5.41, 5.74) is 8.82. The van der Waals surface area contributed by atoms with E-state index in [-0.39, 0.29) is 0 Å². The zero-order valence-electron chi connectivity index (χ0n) is 11.8. The van der Waals surface area contributed by atoms with E-state index in [0.717, 1.165) is 31.7 Å². The van der Waals surface area contributed by atoms with Crippen LogP contribution in [0.5, 0.6) is 0 Å². The van der Waals surface area contributed by atoms with Crippen LogP contribution >= 0.6 is 0 Å². The summed E-state index contributed by atoms with van der Waals surface area (Å²) < 4.78 is 2.05. The highest BCUT2D eigenvalue weighted by Crippen LogP contribution is 2.15. The van der Waals surface area contributed by atoms with Crippen molar-refractivity contribution in [1.29, 1.82) is 0 Å². The molecule has 3 heterocycles. The summed E-state index contributed by atoms with van der Waals surface area (Å²) in [6.45, 7) is 6.46. The van der Waals surface area contributed by atoms with Gasteiger partial charge in [0.15, 0.2) is 11.5 Å². The fraction of sp³-hybridized carbons (Fsp3) is 0.500. The Hall–Kier alpha value is -1.95. The van der Waals surface area contributed by atoms with Crippen molar-refractivity contribution < 1.29 is 0 Å². The molecule has 0 unspecified atom stereocenters. The van der Waals surface area contributed by atoms with Crippen LogP contribution in [0, 0.1) is 0 Å². The van der Waals surface area contributed by atoms with Gasteiger partial charge in [-0.15, -0.1) is 0 Å². The monoisotopic (exact) mass is 272 g/mol. The van der Waals surface area contributed by atoms with Crippen LogP contribution < -0.4 is 5.73 Å². The quantitative estimate of drug-likeness (QED) is 0.853. The standard InChI is InChI=1S/C14H20N6/c1-11-3-7-19(8-4-11)5-2-6-20-10-18-12-13(15)16-9-17-14(12)20/h3,9-10H,2,4-8H2,1H3,(H2,15,16,17). The lowest BCUT2D eigenvalue weighted by Gasteiger charge is -2.25. The molecule has 20 heavy (non-hydrogen) atoms. The smallest absolute Gasteiger partial charge is 0.165 e. The maximum absolute atomic E-state index is 5.79. The second-order valence-corrected chi connectivity index (χ2v) is 5.32. The molecule has 0 fully saturated rings. The van der Waals surface area contributed by atoms with E-state index in [1.807, 2.05) is 0 Å². The number of imidazole rings is 1. The predicted octanol–water partition coefficient (Wildman–Crippen LogP) is 1.45. The third-order valence-electron chi connectivity index (χ3n) is 3.82. The van der Waals surface area contributed by atoms with Crippen LogP contribution in [0.2, 0.25) is 0 Å². The second-order valence-electron chi connectivity index (χ2n) is 5.32. The molecule has 1 aliphatic heterocycles. The highest BCUT2D eigenvalue weighted by Gasteiger charge is 2.10. The lowest BCUT2D eigenvalue weighted by molar-refractivity contribution is 0.284. The SMILES string of the molecule is CC1=CCN(CCCn2cnc3c(N)ncnc32)CC1. The molecule has 0 amide bonds. The molecule has 2 aromatic heterocycles. The highest BCUT2D eigenvalue weighted by molar-refractivity contribution is 5.80. The van der Waals surface area contributed by atoms with E-state index in [0.29, 0.717) is 11.3 Å². The van der Waals surface area contributed by atoms with Crippen molar-refractivity contribution >= 4 is 17.0 Å². The molecular weight excluding hydrogens is 252 g/mol. The Morgan fingerprint density at radius 2 is 2.15 bits per heavy atom. The van der Waals surface area contributed by atoms with Crippen LogP contribution in [0.4, 0.5) is 5.82 Å². The summed E-state index contributed by atoms with van der Waals surface area (Å²) in [5, 5.41) is 0. The molecule has 0 spiro atoms. The summed E-state index contributed by atoms with van der Waals surface area (Å²) >= 11 is 0.